The van der Waals surface area contributed by atoms with E-state index in [4.69, 9.17) is 11.2 Å². The average molecular weight is 370 g/mol. The highest BCUT2D eigenvalue weighted by molar-refractivity contribution is 5.72. The molecule has 0 fully saturated rings. The van der Waals surface area contributed by atoms with Crippen molar-refractivity contribution in [2.24, 2.45) is 0 Å². The van der Waals surface area contributed by atoms with E-state index in [1.165, 1.54) is 0 Å². The fourth-order valence-corrected chi connectivity index (χ4v) is 2.60. The Balaban J connectivity index is 1.99. The summed E-state index contributed by atoms with van der Waals surface area (Å²) in [6.07, 6.45) is 0.796. The maximum Gasteiger partial charge on any atom is 0.416 e. The number of alkyl halides is 3. The van der Waals surface area contributed by atoms with Crippen LogP contribution in [-0.2, 0) is 12.8 Å². The zero-order valence-electron chi connectivity index (χ0n) is 14.1. The lowest BCUT2D eigenvalue weighted by Gasteiger charge is -2.14. The predicted octanol–water partition coefficient (Wildman–Crippen LogP) is 6.07. The fraction of sp³-hybridized carbons (Fsp3) is 0.0909. The van der Waals surface area contributed by atoms with Crippen molar-refractivity contribution in [3.8, 4) is 29.2 Å². The van der Waals surface area contributed by atoms with Crippen LogP contribution in [0.2, 0.25) is 0 Å². The molecule has 0 amide bonds. The highest BCUT2D eigenvalue weighted by atomic mass is 19.4. The summed E-state index contributed by atoms with van der Waals surface area (Å²) in [5, 5.41) is 0. The maximum absolute atomic E-state index is 14.4. The van der Waals surface area contributed by atoms with E-state index in [9.17, 15) is 17.6 Å². The Bertz CT molecular complexity index is 985. The molecule has 1 nitrogen and oxygen atoms in total. The van der Waals surface area contributed by atoms with Gasteiger partial charge in [-0.1, -0.05) is 42.3 Å². The van der Waals surface area contributed by atoms with Gasteiger partial charge in [0.15, 0.2) is 0 Å². The summed E-state index contributed by atoms with van der Waals surface area (Å²) in [5.41, 5.74) is 0.707. The molecule has 0 atom stereocenters. The van der Waals surface area contributed by atoms with Crippen LogP contribution < -0.4 is 4.74 Å². The SMILES string of the molecule is C#Cc1ccc(-c2ccc(C(F)(F)F)cc2F)c(OCc2ccccc2)c1. The number of hydrogen-bond acceptors (Lipinski definition) is 1. The smallest absolute Gasteiger partial charge is 0.416 e. The standard InChI is InChI=1S/C22H14F4O/c1-2-15-8-10-19(18-11-9-17(13-20(18)23)22(24,25)26)21(12-15)27-14-16-6-4-3-5-7-16/h1,3-13H,14H2. The number of terminal acetylenes is 1. The van der Waals surface area contributed by atoms with Crippen LogP contribution in [0.4, 0.5) is 17.6 Å². The molecule has 0 aromatic heterocycles. The molecular formula is C22H14F4O. The van der Waals surface area contributed by atoms with Gasteiger partial charge in [0.2, 0.25) is 0 Å². The van der Waals surface area contributed by atoms with Gasteiger partial charge in [0.25, 0.3) is 0 Å². The molecule has 0 bridgehead atoms. The summed E-state index contributed by atoms with van der Waals surface area (Å²) in [6, 6.07) is 16.4. The van der Waals surface area contributed by atoms with Gasteiger partial charge in [-0.15, -0.1) is 6.42 Å². The molecule has 5 heteroatoms. The van der Waals surface area contributed by atoms with Crippen molar-refractivity contribution >= 4 is 0 Å². The van der Waals surface area contributed by atoms with Gasteiger partial charge < -0.3 is 4.74 Å². The van der Waals surface area contributed by atoms with Crippen LogP contribution in [0.25, 0.3) is 11.1 Å². The monoisotopic (exact) mass is 370 g/mol. The van der Waals surface area contributed by atoms with Crippen molar-refractivity contribution < 1.29 is 22.3 Å². The van der Waals surface area contributed by atoms with E-state index in [1.54, 1.807) is 18.2 Å². The summed E-state index contributed by atoms with van der Waals surface area (Å²) in [5.74, 6) is 1.78. The molecule has 27 heavy (non-hydrogen) atoms. The summed E-state index contributed by atoms with van der Waals surface area (Å²) in [6.45, 7) is 0.212. The van der Waals surface area contributed by atoms with E-state index in [2.05, 4.69) is 5.92 Å². The van der Waals surface area contributed by atoms with Gasteiger partial charge in [-0.2, -0.15) is 13.2 Å². The first-order valence-corrected chi connectivity index (χ1v) is 8.03. The molecule has 3 aromatic rings. The van der Waals surface area contributed by atoms with Gasteiger partial charge in [0.1, 0.15) is 18.2 Å². The molecule has 3 aromatic carbocycles. The number of halogens is 4. The minimum Gasteiger partial charge on any atom is -0.488 e. The molecule has 3 rings (SSSR count). The van der Waals surface area contributed by atoms with E-state index in [1.807, 2.05) is 30.3 Å². The molecule has 0 unspecified atom stereocenters. The Hall–Kier alpha value is -3.26. The van der Waals surface area contributed by atoms with Gasteiger partial charge in [-0.25, -0.2) is 4.39 Å². The summed E-state index contributed by atoms with van der Waals surface area (Å²) in [4.78, 5) is 0. The lowest BCUT2D eigenvalue weighted by Crippen LogP contribution is -2.05. The zero-order valence-corrected chi connectivity index (χ0v) is 14.1. The van der Waals surface area contributed by atoms with Crippen LogP contribution in [0.15, 0.2) is 66.7 Å². The van der Waals surface area contributed by atoms with Crippen LogP contribution >= 0.6 is 0 Å². The van der Waals surface area contributed by atoms with Crippen molar-refractivity contribution in [2.45, 2.75) is 12.8 Å². The van der Waals surface area contributed by atoms with Gasteiger partial charge in [-0.3, -0.25) is 0 Å². The summed E-state index contributed by atoms with van der Waals surface area (Å²) in [7, 11) is 0. The highest BCUT2D eigenvalue weighted by Gasteiger charge is 2.31. The Morgan fingerprint density at radius 1 is 0.889 bits per heavy atom. The van der Waals surface area contributed by atoms with Gasteiger partial charge >= 0.3 is 6.18 Å². The zero-order chi connectivity index (χ0) is 19.4. The first-order valence-electron chi connectivity index (χ1n) is 8.03. The van der Waals surface area contributed by atoms with E-state index in [0.29, 0.717) is 22.9 Å². The molecule has 0 heterocycles. The Morgan fingerprint density at radius 3 is 2.22 bits per heavy atom. The molecule has 0 spiro atoms. The maximum atomic E-state index is 14.4. The number of rotatable bonds is 4. The van der Waals surface area contributed by atoms with E-state index in [0.717, 1.165) is 17.7 Å². The van der Waals surface area contributed by atoms with E-state index < -0.39 is 17.6 Å². The highest BCUT2D eigenvalue weighted by Crippen LogP contribution is 2.36. The van der Waals surface area contributed by atoms with Gasteiger partial charge in [0, 0.05) is 16.7 Å². The lowest BCUT2D eigenvalue weighted by atomic mass is 10.0. The largest absolute Gasteiger partial charge is 0.488 e. The third-order valence-corrected chi connectivity index (χ3v) is 3.97. The van der Waals surface area contributed by atoms with Crippen LogP contribution in [0.1, 0.15) is 16.7 Å². The second kappa shape index (κ2) is 7.55. The molecule has 0 aliphatic carbocycles. The molecule has 0 aliphatic rings. The normalized spacial score (nSPS) is 11.1. The van der Waals surface area contributed by atoms with Crippen molar-refractivity contribution in [1.29, 1.82) is 0 Å². The number of hydrogen-bond donors (Lipinski definition) is 0. The van der Waals surface area contributed by atoms with Gasteiger partial charge in [-0.05, 0) is 35.9 Å². The molecule has 0 saturated heterocycles. The molecule has 0 saturated carbocycles. The average Bonchev–Trinajstić information content (AvgIpc) is 2.66. The van der Waals surface area contributed by atoms with Crippen LogP contribution in [0, 0.1) is 18.2 Å². The third-order valence-electron chi connectivity index (χ3n) is 3.97. The summed E-state index contributed by atoms with van der Waals surface area (Å²) >= 11 is 0. The Morgan fingerprint density at radius 2 is 1.59 bits per heavy atom. The molecule has 0 radical (unpaired) electrons. The minimum atomic E-state index is -4.61. The van der Waals surface area contributed by atoms with E-state index >= 15 is 0 Å². The quantitative estimate of drug-likeness (QED) is 0.400. The first-order chi connectivity index (χ1) is 12.9. The van der Waals surface area contributed by atoms with Crippen molar-refractivity contribution in [3.63, 3.8) is 0 Å². The lowest BCUT2D eigenvalue weighted by molar-refractivity contribution is -0.137. The van der Waals surface area contributed by atoms with Crippen LogP contribution in [0.3, 0.4) is 0 Å². The van der Waals surface area contributed by atoms with Crippen LogP contribution in [-0.4, -0.2) is 0 Å². The topological polar surface area (TPSA) is 9.23 Å². The molecule has 0 N–H and O–H groups in total. The van der Waals surface area contributed by atoms with Crippen molar-refractivity contribution in [1.82, 2.24) is 0 Å². The van der Waals surface area contributed by atoms with E-state index in [-0.39, 0.29) is 12.2 Å². The molecule has 136 valence electrons. The van der Waals surface area contributed by atoms with Crippen molar-refractivity contribution in [2.75, 3.05) is 0 Å². The van der Waals surface area contributed by atoms with Crippen molar-refractivity contribution in [3.05, 3.63) is 89.2 Å². The Labute approximate surface area is 154 Å². The second-order valence-electron chi connectivity index (χ2n) is 5.82. The third kappa shape index (κ3) is 4.29. The number of ether oxygens (including phenoxy) is 1. The minimum absolute atomic E-state index is 0.00892. The second-order valence-corrected chi connectivity index (χ2v) is 5.82. The van der Waals surface area contributed by atoms with Gasteiger partial charge in [0.05, 0.1) is 5.56 Å². The first kappa shape index (κ1) is 18.5. The predicted molar refractivity (Wildman–Crippen MR) is 95.5 cm³/mol. The van der Waals surface area contributed by atoms with Crippen LogP contribution in [0.5, 0.6) is 5.75 Å². The Kier molecular flexibility index (Phi) is 5.18. The molecular weight excluding hydrogens is 356 g/mol. The number of benzene rings is 3. The molecule has 0 aliphatic heterocycles. The summed E-state index contributed by atoms with van der Waals surface area (Å²) < 4.78 is 58.5. The fourth-order valence-electron chi connectivity index (χ4n) is 2.60.